The van der Waals surface area contributed by atoms with E-state index in [4.69, 9.17) is 0 Å². The standard InChI is InChI=1S/C14H23NO3S/c1-5-14(10(2)3)15-19(17,18)13-7-6-11(4)12(8-13)9-16/h6-8,10,14-16H,5,9H2,1-4H3. The van der Waals surface area contributed by atoms with Gasteiger partial charge < -0.3 is 5.11 Å². The largest absolute Gasteiger partial charge is 0.392 e. The van der Waals surface area contributed by atoms with E-state index < -0.39 is 10.0 Å². The average Bonchev–Trinajstić information content (AvgIpc) is 2.36. The van der Waals surface area contributed by atoms with Gasteiger partial charge in [0.25, 0.3) is 0 Å². The van der Waals surface area contributed by atoms with E-state index in [1.165, 1.54) is 6.07 Å². The Bertz CT molecular complexity index is 523. The first-order valence-corrected chi connectivity index (χ1v) is 8.02. The summed E-state index contributed by atoms with van der Waals surface area (Å²) in [7, 11) is -3.53. The predicted octanol–water partition coefficient (Wildman–Crippen LogP) is 2.20. The average molecular weight is 285 g/mol. The van der Waals surface area contributed by atoms with Gasteiger partial charge in [0.2, 0.25) is 10.0 Å². The lowest BCUT2D eigenvalue weighted by molar-refractivity contribution is 0.280. The number of aryl methyl sites for hydroxylation is 1. The molecule has 0 aromatic heterocycles. The van der Waals surface area contributed by atoms with Crippen LogP contribution in [0, 0.1) is 12.8 Å². The lowest BCUT2D eigenvalue weighted by Crippen LogP contribution is -2.38. The molecular formula is C14H23NO3S. The van der Waals surface area contributed by atoms with Crippen LogP contribution in [0.2, 0.25) is 0 Å². The zero-order valence-corrected chi connectivity index (χ0v) is 12.8. The second-order valence-electron chi connectivity index (χ2n) is 5.13. The van der Waals surface area contributed by atoms with E-state index in [9.17, 15) is 13.5 Å². The first kappa shape index (κ1) is 16.1. The molecule has 0 bridgehead atoms. The van der Waals surface area contributed by atoms with Crippen LogP contribution in [0.1, 0.15) is 38.3 Å². The lowest BCUT2D eigenvalue weighted by Gasteiger charge is -2.21. The van der Waals surface area contributed by atoms with Crippen LogP contribution in [0.3, 0.4) is 0 Å². The third-order valence-corrected chi connectivity index (χ3v) is 4.84. The van der Waals surface area contributed by atoms with Crippen molar-refractivity contribution in [3.05, 3.63) is 29.3 Å². The monoisotopic (exact) mass is 285 g/mol. The Morgan fingerprint density at radius 2 is 1.95 bits per heavy atom. The maximum atomic E-state index is 12.3. The van der Waals surface area contributed by atoms with Crippen molar-refractivity contribution in [2.45, 2.75) is 51.7 Å². The highest BCUT2D eigenvalue weighted by atomic mass is 32.2. The second-order valence-corrected chi connectivity index (χ2v) is 6.84. The highest BCUT2D eigenvalue weighted by molar-refractivity contribution is 7.89. The van der Waals surface area contributed by atoms with Crippen LogP contribution in [0.4, 0.5) is 0 Å². The molecule has 1 unspecified atom stereocenters. The summed E-state index contributed by atoms with van der Waals surface area (Å²) in [5.74, 6) is 0.238. The van der Waals surface area contributed by atoms with Gasteiger partial charge in [0.15, 0.2) is 0 Å². The van der Waals surface area contributed by atoms with Gasteiger partial charge >= 0.3 is 0 Å². The number of hydrogen-bond acceptors (Lipinski definition) is 3. The van der Waals surface area contributed by atoms with Crippen molar-refractivity contribution in [2.75, 3.05) is 0 Å². The summed E-state index contributed by atoms with van der Waals surface area (Å²) in [6, 6.07) is 4.74. The summed E-state index contributed by atoms with van der Waals surface area (Å²) in [6.07, 6.45) is 0.746. The maximum Gasteiger partial charge on any atom is 0.240 e. The molecular weight excluding hydrogens is 262 g/mol. The van der Waals surface area contributed by atoms with Crippen molar-refractivity contribution in [1.29, 1.82) is 0 Å². The molecule has 0 amide bonds. The number of hydrogen-bond donors (Lipinski definition) is 2. The quantitative estimate of drug-likeness (QED) is 0.842. The Kier molecular flexibility index (Phi) is 5.52. The van der Waals surface area contributed by atoms with E-state index >= 15 is 0 Å². The minimum atomic E-state index is -3.53. The summed E-state index contributed by atoms with van der Waals surface area (Å²) in [6.45, 7) is 7.63. The SMILES string of the molecule is CCC(NS(=O)(=O)c1ccc(C)c(CO)c1)C(C)C. The van der Waals surface area contributed by atoms with Crippen LogP contribution in [0.5, 0.6) is 0 Å². The minimum absolute atomic E-state index is 0.0797. The summed E-state index contributed by atoms with van der Waals surface area (Å²) >= 11 is 0. The molecule has 1 atom stereocenters. The van der Waals surface area contributed by atoms with Gasteiger partial charge in [-0.15, -0.1) is 0 Å². The molecule has 1 aromatic carbocycles. The smallest absolute Gasteiger partial charge is 0.240 e. The summed E-state index contributed by atoms with van der Waals surface area (Å²) in [5.41, 5.74) is 1.53. The second kappa shape index (κ2) is 6.50. The van der Waals surface area contributed by atoms with Gasteiger partial charge in [0, 0.05) is 6.04 Å². The molecule has 19 heavy (non-hydrogen) atoms. The van der Waals surface area contributed by atoms with Gasteiger partial charge in [-0.2, -0.15) is 0 Å². The Morgan fingerprint density at radius 3 is 2.42 bits per heavy atom. The van der Waals surface area contributed by atoms with E-state index in [1.807, 2.05) is 27.7 Å². The fourth-order valence-corrected chi connectivity index (χ4v) is 3.46. The Hall–Kier alpha value is -0.910. The molecule has 4 nitrogen and oxygen atoms in total. The molecule has 1 rings (SSSR count). The molecule has 0 radical (unpaired) electrons. The maximum absolute atomic E-state index is 12.3. The topological polar surface area (TPSA) is 66.4 Å². The van der Waals surface area contributed by atoms with Crippen LogP contribution in [-0.2, 0) is 16.6 Å². The van der Waals surface area contributed by atoms with Crippen LogP contribution in [0.15, 0.2) is 23.1 Å². The van der Waals surface area contributed by atoms with Crippen LogP contribution < -0.4 is 4.72 Å². The number of benzene rings is 1. The number of aliphatic hydroxyl groups excluding tert-OH is 1. The molecule has 0 aliphatic heterocycles. The van der Waals surface area contributed by atoms with Crippen molar-refractivity contribution < 1.29 is 13.5 Å². The fraction of sp³-hybridized carbons (Fsp3) is 0.571. The number of sulfonamides is 1. The van der Waals surface area contributed by atoms with Gasteiger partial charge in [-0.05, 0) is 42.5 Å². The van der Waals surface area contributed by atoms with E-state index in [2.05, 4.69) is 4.72 Å². The Morgan fingerprint density at radius 1 is 1.32 bits per heavy atom. The number of nitrogens with one attached hydrogen (secondary N) is 1. The van der Waals surface area contributed by atoms with Crippen molar-refractivity contribution >= 4 is 10.0 Å². The predicted molar refractivity (Wildman–Crippen MR) is 76.3 cm³/mol. The molecule has 0 heterocycles. The minimum Gasteiger partial charge on any atom is -0.392 e. The normalized spacial score (nSPS) is 13.8. The third kappa shape index (κ3) is 4.03. The van der Waals surface area contributed by atoms with Gasteiger partial charge in [0.1, 0.15) is 0 Å². The summed E-state index contributed by atoms with van der Waals surface area (Å²) in [5, 5.41) is 9.21. The van der Waals surface area contributed by atoms with E-state index in [1.54, 1.807) is 12.1 Å². The van der Waals surface area contributed by atoms with E-state index in [-0.39, 0.29) is 23.5 Å². The van der Waals surface area contributed by atoms with Gasteiger partial charge in [0.05, 0.1) is 11.5 Å². The van der Waals surface area contributed by atoms with Gasteiger partial charge in [-0.3, -0.25) is 0 Å². The molecule has 0 saturated heterocycles. The Labute approximate surface area is 115 Å². The summed E-state index contributed by atoms with van der Waals surface area (Å²) < 4.78 is 27.3. The fourth-order valence-electron chi connectivity index (χ4n) is 1.94. The molecule has 108 valence electrons. The van der Waals surface area contributed by atoms with Crippen LogP contribution in [-0.4, -0.2) is 19.6 Å². The summed E-state index contributed by atoms with van der Waals surface area (Å²) in [4.78, 5) is 0.209. The van der Waals surface area contributed by atoms with Crippen molar-refractivity contribution in [3.8, 4) is 0 Å². The first-order valence-electron chi connectivity index (χ1n) is 6.54. The molecule has 0 aliphatic carbocycles. The van der Waals surface area contributed by atoms with E-state index in [0.29, 0.717) is 5.56 Å². The molecule has 1 aromatic rings. The van der Waals surface area contributed by atoms with Crippen LogP contribution >= 0.6 is 0 Å². The van der Waals surface area contributed by atoms with Crippen molar-refractivity contribution in [1.82, 2.24) is 4.72 Å². The molecule has 5 heteroatoms. The molecule has 0 fully saturated rings. The third-order valence-electron chi connectivity index (χ3n) is 3.35. The van der Waals surface area contributed by atoms with Crippen LogP contribution in [0.25, 0.3) is 0 Å². The highest BCUT2D eigenvalue weighted by Crippen LogP contribution is 2.17. The zero-order chi connectivity index (χ0) is 14.6. The highest BCUT2D eigenvalue weighted by Gasteiger charge is 2.21. The van der Waals surface area contributed by atoms with E-state index in [0.717, 1.165) is 12.0 Å². The van der Waals surface area contributed by atoms with Crippen molar-refractivity contribution in [2.24, 2.45) is 5.92 Å². The molecule has 0 aliphatic rings. The molecule has 2 N–H and O–H groups in total. The van der Waals surface area contributed by atoms with Gasteiger partial charge in [-0.1, -0.05) is 26.8 Å². The number of aliphatic hydroxyl groups is 1. The van der Waals surface area contributed by atoms with Gasteiger partial charge in [-0.25, -0.2) is 13.1 Å². The zero-order valence-electron chi connectivity index (χ0n) is 12.0. The lowest BCUT2D eigenvalue weighted by atomic mass is 10.0. The first-order chi connectivity index (χ1) is 8.81. The van der Waals surface area contributed by atoms with Crippen molar-refractivity contribution in [3.63, 3.8) is 0 Å². The molecule has 0 saturated carbocycles. The Balaban J connectivity index is 3.06. The number of rotatable bonds is 6. The molecule has 0 spiro atoms.